The van der Waals surface area contributed by atoms with Gasteiger partial charge in [0.1, 0.15) is 0 Å². The fourth-order valence-electron chi connectivity index (χ4n) is 2.44. The molecule has 1 aromatic carbocycles. The predicted molar refractivity (Wildman–Crippen MR) is 80.4 cm³/mol. The van der Waals surface area contributed by atoms with Crippen molar-refractivity contribution in [2.45, 2.75) is 25.8 Å². The highest BCUT2D eigenvalue weighted by Crippen LogP contribution is 2.35. The summed E-state index contributed by atoms with van der Waals surface area (Å²) in [6, 6.07) is 5.25. The molecule has 1 aliphatic rings. The maximum Gasteiger partial charge on any atom is 0.256 e. The third-order valence-corrected chi connectivity index (χ3v) is 3.90. The molecule has 20 heavy (non-hydrogen) atoms. The molecule has 2 rings (SSSR count). The summed E-state index contributed by atoms with van der Waals surface area (Å²) < 4.78 is 5.11. The van der Waals surface area contributed by atoms with E-state index in [9.17, 15) is 4.79 Å². The number of rotatable bonds is 6. The number of carbonyl (C=O) groups excluding carboxylic acids is 1. The maximum absolute atomic E-state index is 12.7. The highest BCUT2D eigenvalue weighted by atomic mass is 16.5. The summed E-state index contributed by atoms with van der Waals surface area (Å²) in [6.45, 7) is 3.20. The minimum atomic E-state index is -0.0426. The first-order chi connectivity index (χ1) is 9.54. The molecule has 1 atom stereocenters. The van der Waals surface area contributed by atoms with Gasteiger partial charge in [-0.05, 0) is 43.9 Å². The van der Waals surface area contributed by atoms with Crippen LogP contribution in [0.2, 0.25) is 0 Å². The largest absolute Gasteiger partial charge is 0.399 e. The lowest BCUT2D eigenvalue weighted by Gasteiger charge is -2.29. The molecular formula is C15H23N3O2. The number of nitrogen functional groups attached to an aromatic ring is 2. The van der Waals surface area contributed by atoms with Crippen LogP contribution in [0.1, 0.15) is 30.1 Å². The lowest BCUT2D eigenvalue weighted by atomic mass is 10.1. The summed E-state index contributed by atoms with van der Waals surface area (Å²) in [4.78, 5) is 14.6. The Labute approximate surface area is 119 Å². The van der Waals surface area contributed by atoms with Gasteiger partial charge < -0.3 is 21.1 Å². The van der Waals surface area contributed by atoms with Gasteiger partial charge in [-0.25, -0.2) is 0 Å². The molecular weight excluding hydrogens is 254 g/mol. The number of carbonyl (C=O) groups is 1. The number of nitrogens with two attached hydrogens (primary N) is 2. The van der Waals surface area contributed by atoms with Crippen molar-refractivity contribution >= 4 is 17.3 Å². The van der Waals surface area contributed by atoms with Crippen LogP contribution in [0.5, 0.6) is 0 Å². The molecule has 0 saturated heterocycles. The van der Waals surface area contributed by atoms with Gasteiger partial charge in [0.05, 0.1) is 12.2 Å². The predicted octanol–water partition coefficient (Wildman–Crippen LogP) is 1.74. The second-order valence-corrected chi connectivity index (χ2v) is 5.42. The van der Waals surface area contributed by atoms with Crippen LogP contribution in [-0.4, -0.2) is 37.1 Å². The molecule has 0 aliphatic heterocycles. The summed E-state index contributed by atoms with van der Waals surface area (Å²) in [5.74, 6) is 0.560. The number of benzene rings is 1. The molecule has 0 spiro atoms. The monoisotopic (exact) mass is 277 g/mol. The van der Waals surface area contributed by atoms with Gasteiger partial charge in [0.15, 0.2) is 0 Å². The highest BCUT2D eigenvalue weighted by Gasteiger charge is 2.34. The van der Waals surface area contributed by atoms with Crippen molar-refractivity contribution in [3.8, 4) is 0 Å². The topological polar surface area (TPSA) is 81.6 Å². The molecule has 110 valence electrons. The third kappa shape index (κ3) is 3.22. The number of ether oxygens (including phenoxy) is 1. The van der Waals surface area contributed by atoms with Crippen LogP contribution in [0.4, 0.5) is 11.4 Å². The van der Waals surface area contributed by atoms with Gasteiger partial charge in [-0.1, -0.05) is 0 Å². The van der Waals surface area contributed by atoms with Crippen LogP contribution in [0.25, 0.3) is 0 Å². The van der Waals surface area contributed by atoms with E-state index >= 15 is 0 Å². The minimum Gasteiger partial charge on any atom is -0.399 e. The lowest BCUT2D eigenvalue weighted by molar-refractivity contribution is 0.0595. The van der Waals surface area contributed by atoms with Gasteiger partial charge in [0.25, 0.3) is 5.91 Å². The molecule has 4 N–H and O–H groups in total. The maximum atomic E-state index is 12.7. The number of methoxy groups -OCH3 is 1. The molecule has 0 aromatic heterocycles. The highest BCUT2D eigenvalue weighted by molar-refractivity contribution is 5.99. The fourth-order valence-corrected chi connectivity index (χ4v) is 2.44. The first-order valence-corrected chi connectivity index (χ1v) is 6.99. The van der Waals surface area contributed by atoms with Crippen molar-refractivity contribution in [2.24, 2.45) is 5.92 Å². The van der Waals surface area contributed by atoms with E-state index in [0.717, 1.165) is 0 Å². The Morgan fingerprint density at radius 1 is 1.45 bits per heavy atom. The third-order valence-electron chi connectivity index (χ3n) is 3.90. The van der Waals surface area contributed by atoms with E-state index in [0.29, 0.717) is 36.0 Å². The summed E-state index contributed by atoms with van der Waals surface area (Å²) in [6.07, 6.45) is 2.38. The lowest BCUT2D eigenvalue weighted by Crippen LogP contribution is -2.42. The fraction of sp³-hybridized carbons (Fsp3) is 0.533. The second kappa shape index (κ2) is 6.13. The van der Waals surface area contributed by atoms with Crippen LogP contribution >= 0.6 is 0 Å². The van der Waals surface area contributed by atoms with Crippen molar-refractivity contribution in [3.05, 3.63) is 23.8 Å². The van der Waals surface area contributed by atoms with Crippen LogP contribution < -0.4 is 11.5 Å². The van der Waals surface area contributed by atoms with Crippen LogP contribution in [-0.2, 0) is 4.74 Å². The van der Waals surface area contributed by atoms with Crippen molar-refractivity contribution in [1.82, 2.24) is 4.90 Å². The van der Waals surface area contributed by atoms with E-state index in [-0.39, 0.29) is 11.9 Å². The summed E-state index contributed by atoms with van der Waals surface area (Å²) in [5.41, 5.74) is 13.1. The van der Waals surface area contributed by atoms with Crippen LogP contribution in [0.3, 0.4) is 0 Å². The van der Waals surface area contributed by atoms with Gasteiger partial charge in [0.2, 0.25) is 0 Å². The molecule has 1 saturated carbocycles. The van der Waals surface area contributed by atoms with Crippen molar-refractivity contribution in [3.63, 3.8) is 0 Å². The standard InChI is InChI=1S/C15H23N3O2/c1-10(11-3-4-11)18(7-8-20-2)15(19)13-6-5-12(16)9-14(13)17/h5-6,9-11H,3-4,7-8,16-17H2,1-2H3. The first kappa shape index (κ1) is 14.7. The molecule has 5 nitrogen and oxygen atoms in total. The molecule has 1 fully saturated rings. The zero-order valence-corrected chi connectivity index (χ0v) is 12.1. The Bertz CT molecular complexity index is 486. The normalized spacial score (nSPS) is 15.9. The van der Waals surface area contributed by atoms with Gasteiger partial charge in [-0.15, -0.1) is 0 Å². The zero-order valence-electron chi connectivity index (χ0n) is 12.1. The number of anilines is 2. The number of nitrogens with zero attached hydrogens (tertiary/aromatic N) is 1. The van der Waals surface area contributed by atoms with Crippen molar-refractivity contribution < 1.29 is 9.53 Å². The quantitative estimate of drug-likeness (QED) is 0.776. The molecule has 1 aliphatic carbocycles. The molecule has 0 radical (unpaired) electrons. The summed E-state index contributed by atoms with van der Waals surface area (Å²) in [5, 5.41) is 0. The van der Waals surface area contributed by atoms with Crippen molar-refractivity contribution in [1.29, 1.82) is 0 Å². The second-order valence-electron chi connectivity index (χ2n) is 5.42. The molecule has 1 aromatic rings. The molecule has 1 amide bonds. The van der Waals surface area contributed by atoms with Gasteiger partial charge in [0, 0.05) is 31.1 Å². The van der Waals surface area contributed by atoms with E-state index in [2.05, 4.69) is 6.92 Å². The molecule has 5 heteroatoms. The Kier molecular flexibility index (Phi) is 4.49. The first-order valence-electron chi connectivity index (χ1n) is 6.99. The SMILES string of the molecule is COCCN(C(=O)c1ccc(N)cc1N)C(C)C1CC1. The summed E-state index contributed by atoms with van der Waals surface area (Å²) >= 11 is 0. The van der Waals surface area contributed by atoms with E-state index in [1.54, 1.807) is 25.3 Å². The average molecular weight is 277 g/mol. The Balaban J connectivity index is 2.20. The van der Waals surface area contributed by atoms with E-state index < -0.39 is 0 Å². The van der Waals surface area contributed by atoms with E-state index in [1.807, 2.05) is 4.90 Å². The van der Waals surface area contributed by atoms with Crippen LogP contribution in [0.15, 0.2) is 18.2 Å². The number of hydrogen-bond donors (Lipinski definition) is 2. The van der Waals surface area contributed by atoms with E-state index in [4.69, 9.17) is 16.2 Å². The molecule has 1 unspecified atom stereocenters. The van der Waals surface area contributed by atoms with Gasteiger partial charge >= 0.3 is 0 Å². The Hall–Kier alpha value is -1.75. The number of hydrogen-bond acceptors (Lipinski definition) is 4. The molecule has 0 bridgehead atoms. The zero-order chi connectivity index (χ0) is 14.7. The average Bonchev–Trinajstić information content (AvgIpc) is 3.22. The van der Waals surface area contributed by atoms with Gasteiger partial charge in [-0.3, -0.25) is 4.79 Å². The van der Waals surface area contributed by atoms with Crippen LogP contribution in [0, 0.1) is 5.92 Å². The minimum absolute atomic E-state index is 0.0426. The van der Waals surface area contributed by atoms with Crippen molar-refractivity contribution in [2.75, 3.05) is 31.7 Å². The number of amides is 1. The summed E-state index contributed by atoms with van der Waals surface area (Å²) in [7, 11) is 1.64. The van der Waals surface area contributed by atoms with E-state index in [1.165, 1.54) is 12.8 Å². The van der Waals surface area contributed by atoms with Gasteiger partial charge in [-0.2, -0.15) is 0 Å². The Morgan fingerprint density at radius 3 is 2.70 bits per heavy atom. The smallest absolute Gasteiger partial charge is 0.256 e. The Morgan fingerprint density at radius 2 is 2.15 bits per heavy atom. The molecule has 0 heterocycles.